The van der Waals surface area contributed by atoms with E-state index in [1.54, 1.807) is 30.0 Å². The highest BCUT2D eigenvalue weighted by molar-refractivity contribution is 6.35. The van der Waals surface area contributed by atoms with Gasteiger partial charge in [-0.3, -0.25) is 4.79 Å². The van der Waals surface area contributed by atoms with Crippen LogP contribution in [0.2, 0.25) is 10.0 Å². The molecule has 1 saturated heterocycles. The molecule has 0 spiro atoms. The van der Waals surface area contributed by atoms with E-state index >= 15 is 0 Å². The molecule has 1 aromatic carbocycles. The van der Waals surface area contributed by atoms with Crippen LogP contribution in [0.1, 0.15) is 20.8 Å². The smallest absolute Gasteiger partial charge is 0.263 e. The molecule has 0 aromatic heterocycles. The second kappa shape index (κ2) is 6.86. The predicted molar refractivity (Wildman–Crippen MR) is 83.1 cm³/mol. The summed E-state index contributed by atoms with van der Waals surface area (Å²) in [4.78, 5) is 14.2. The molecule has 0 saturated carbocycles. The quantitative estimate of drug-likeness (QED) is 0.852. The number of carbonyl (C=O) groups is 1. The van der Waals surface area contributed by atoms with Crippen LogP contribution in [0.4, 0.5) is 0 Å². The molecule has 1 aliphatic heterocycles. The minimum atomic E-state index is -0.610. The number of halogens is 2. The molecule has 3 atom stereocenters. The number of morpholine rings is 1. The van der Waals surface area contributed by atoms with Crippen molar-refractivity contribution in [2.24, 2.45) is 0 Å². The summed E-state index contributed by atoms with van der Waals surface area (Å²) >= 11 is 11.9. The number of hydrogen-bond acceptors (Lipinski definition) is 3. The molecule has 116 valence electrons. The van der Waals surface area contributed by atoms with Gasteiger partial charge in [-0.2, -0.15) is 0 Å². The van der Waals surface area contributed by atoms with Gasteiger partial charge in [0.05, 0.1) is 17.2 Å². The molecular formula is C15H19Cl2NO3. The second-order valence-electron chi connectivity index (χ2n) is 5.34. The van der Waals surface area contributed by atoms with E-state index in [4.69, 9.17) is 32.7 Å². The van der Waals surface area contributed by atoms with Crippen molar-refractivity contribution >= 4 is 29.1 Å². The lowest BCUT2D eigenvalue weighted by Gasteiger charge is -2.36. The summed E-state index contributed by atoms with van der Waals surface area (Å²) in [5.41, 5.74) is 0. The Morgan fingerprint density at radius 3 is 2.52 bits per heavy atom. The average Bonchev–Trinajstić information content (AvgIpc) is 2.40. The van der Waals surface area contributed by atoms with Crippen molar-refractivity contribution in [3.8, 4) is 5.75 Å². The van der Waals surface area contributed by atoms with Crippen LogP contribution in [-0.4, -0.2) is 42.2 Å². The van der Waals surface area contributed by atoms with Crippen molar-refractivity contribution in [1.29, 1.82) is 0 Å². The molecule has 2 rings (SSSR count). The van der Waals surface area contributed by atoms with Crippen molar-refractivity contribution in [1.82, 2.24) is 4.90 Å². The lowest BCUT2D eigenvalue weighted by Crippen LogP contribution is -2.51. The van der Waals surface area contributed by atoms with Gasteiger partial charge >= 0.3 is 0 Å². The number of amides is 1. The van der Waals surface area contributed by atoms with Crippen LogP contribution in [-0.2, 0) is 9.53 Å². The SMILES string of the molecule is C[C@@H]1CN(C(=O)[C@@H](C)Oc2ccc(Cl)cc2Cl)C[C@@H](C)O1. The topological polar surface area (TPSA) is 38.8 Å². The highest BCUT2D eigenvalue weighted by Gasteiger charge is 2.29. The van der Waals surface area contributed by atoms with Crippen molar-refractivity contribution in [2.75, 3.05) is 13.1 Å². The highest BCUT2D eigenvalue weighted by Crippen LogP contribution is 2.28. The van der Waals surface area contributed by atoms with Crippen LogP contribution >= 0.6 is 23.2 Å². The van der Waals surface area contributed by atoms with Crippen LogP contribution in [0.5, 0.6) is 5.75 Å². The minimum Gasteiger partial charge on any atom is -0.479 e. The zero-order valence-corrected chi connectivity index (χ0v) is 13.8. The number of nitrogens with zero attached hydrogens (tertiary/aromatic N) is 1. The maximum absolute atomic E-state index is 12.4. The van der Waals surface area contributed by atoms with Crippen LogP contribution in [0, 0.1) is 0 Å². The fourth-order valence-corrected chi connectivity index (χ4v) is 2.88. The van der Waals surface area contributed by atoms with Gasteiger partial charge in [-0.25, -0.2) is 0 Å². The fourth-order valence-electron chi connectivity index (χ4n) is 2.43. The van der Waals surface area contributed by atoms with Crippen molar-refractivity contribution in [3.63, 3.8) is 0 Å². The van der Waals surface area contributed by atoms with Gasteiger partial charge < -0.3 is 14.4 Å². The van der Waals surface area contributed by atoms with E-state index < -0.39 is 6.10 Å². The molecule has 0 aliphatic carbocycles. The number of rotatable bonds is 3. The molecule has 0 radical (unpaired) electrons. The first-order chi connectivity index (χ1) is 9.86. The normalized spacial score (nSPS) is 23.8. The summed E-state index contributed by atoms with van der Waals surface area (Å²) in [5, 5.41) is 0.924. The lowest BCUT2D eigenvalue weighted by molar-refractivity contribution is -0.149. The Morgan fingerprint density at radius 2 is 1.95 bits per heavy atom. The van der Waals surface area contributed by atoms with Crippen LogP contribution in [0.3, 0.4) is 0 Å². The van der Waals surface area contributed by atoms with E-state index in [9.17, 15) is 4.79 Å². The molecule has 1 aromatic rings. The van der Waals surface area contributed by atoms with Gasteiger partial charge in [-0.1, -0.05) is 23.2 Å². The third-order valence-electron chi connectivity index (χ3n) is 3.28. The van der Waals surface area contributed by atoms with Crippen LogP contribution < -0.4 is 4.74 Å². The zero-order valence-electron chi connectivity index (χ0n) is 12.3. The average molecular weight is 332 g/mol. The standard InChI is InChI=1S/C15H19Cl2NO3/c1-9-7-18(8-10(2)20-9)15(19)11(3)21-14-5-4-12(16)6-13(14)17/h4-6,9-11H,7-8H2,1-3H3/t9-,10-,11-/m1/s1. The second-order valence-corrected chi connectivity index (χ2v) is 6.18. The number of hydrogen-bond donors (Lipinski definition) is 0. The molecule has 21 heavy (non-hydrogen) atoms. The van der Waals surface area contributed by atoms with Gasteiger partial charge in [-0.15, -0.1) is 0 Å². The monoisotopic (exact) mass is 331 g/mol. The van der Waals surface area contributed by atoms with E-state index in [0.717, 1.165) is 0 Å². The summed E-state index contributed by atoms with van der Waals surface area (Å²) in [6, 6.07) is 4.94. The number of ether oxygens (including phenoxy) is 2. The van der Waals surface area contributed by atoms with Gasteiger partial charge in [0.15, 0.2) is 6.10 Å². The van der Waals surface area contributed by atoms with Crippen molar-refractivity contribution in [2.45, 2.75) is 39.1 Å². The maximum Gasteiger partial charge on any atom is 0.263 e. The number of benzene rings is 1. The van der Waals surface area contributed by atoms with Crippen LogP contribution in [0.25, 0.3) is 0 Å². The summed E-state index contributed by atoms with van der Waals surface area (Å²) in [5.74, 6) is 0.388. The Labute approximate surface area is 134 Å². The van der Waals surface area contributed by atoms with Gasteiger partial charge in [0.1, 0.15) is 5.75 Å². The third-order valence-corrected chi connectivity index (χ3v) is 3.81. The summed E-state index contributed by atoms with van der Waals surface area (Å²) in [6.45, 7) is 6.78. The maximum atomic E-state index is 12.4. The molecule has 0 bridgehead atoms. The molecule has 1 aliphatic rings. The van der Waals surface area contributed by atoms with E-state index in [0.29, 0.717) is 28.9 Å². The fraction of sp³-hybridized carbons (Fsp3) is 0.533. The van der Waals surface area contributed by atoms with E-state index in [-0.39, 0.29) is 18.1 Å². The Bertz CT molecular complexity index is 514. The Hall–Kier alpha value is -0.970. The van der Waals surface area contributed by atoms with Gasteiger partial charge in [0.2, 0.25) is 0 Å². The molecular weight excluding hydrogens is 313 g/mol. The first-order valence-electron chi connectivity index (χ1n) is 6.92. The summed E-state index contributed by atoms with van der Waals surface area (Å²) in [6.07, 6.45) is -0.547. The van der Waals surface area contributed by atoms with Crippen molar-refractivity contribution in [3.05, 3.63) is 28.2 Å². The molecule has 1 heterocycles. The third kappa shape index (κ3) is 4.25. The molecule has 4 nitrogen and oxygen atoms in total. The first-order valence-corrected chi connectivity index (χ1v) is 7.68. The largest absolute Gasteiger partial charge is 0.479 e. The summed E-state index contributed by atoms with van der Waals surface area (Å²) in [7, 11) is 0. The predicted octanol–water partition coefficient (Wildman–Crippen LogP) is 3.40. The molecule has 0 unspecified atom stereocenters. The molecule has 6 heteroatoms. The van der Waals surface area contributed by atoms with Crippen molar-refractivity contribution < 1.29 is 14.3 Å². The summed E-state index contributed by atoms with van der Waals surface area (Å²) < 4.78 is 11.3. The van der Waals surface area contributed by atoms with E-state index in [1.807, 2.05) is 13.8 Å². The number of carbonyl (C=O) groups excluding carboxylic acids is 1. The molecule has 1 fully saturated rings. The van der Waals surface area contributed by atoms with E-state index in [1.165, 1.54) is 0 Å². The Morgan fingerprint density at radius 1 is 1.33 bits per heavy atom. The van der Waals surface area contributed by atoms with Gasteiger partial charge in [0, 0.05) is 18.1 Å². The highest BCUT2D eigenvalue weighted by atomic mass is 35.5. The van der Waals surface area contributed by atoms with Crippen LogP contribution in [0.15, 0.2) is 18.2 Å². The zero-order chi connectivity index (χ0) is 15.6. The molecule has 0 N–H and O–H groups in total. The van der Waals surface area contributed by atoms with Gasteiger partial charge in [-0.05, 0) is 39.0 Å². The minimum absolute atomic E-state index is 0.0315. The Balaban J connectivity index is 2.02. The Kier molecular flexibility index (Phi) is 5.36. The van der Waals surface area contributed by atoms with Gasteiger partial charge in [0.25, 0.3) is 5.91 Å². The first kappa shape index (κ1) is 16.4. The molecule has 1 amide bonds. The van der Waals surface area contributed by atoms with E-state index in [2.05, 4.69) is 0 Å². The lowest BCUT2D eigenvalue weighted by atomic mass is 10.2.